The molecule has 1 aliphatic rings. The molecule has 1 amide bonds. The van der Waals surface area contributed by atoms with Crippen LogP contribution in [0.1, 0.15) is 39.5 Å². The number of amides is 1. The minimum atomic E-state index is -0.609. The van der Waals surface area contributed by atoms with Crippen LogP contribution in [0.2, 0.25) is 0 Å². The molecule has 0 radical (unpaired) electrons. The van der Waals surface area contributed by atoms with E-state index in [2.05, 4.69) is 20.5 Å². The van der Waals surface area contributed by atoms with Crippen molar-refractivity contribution in [2.75, 3.05) is 0 Å². The van der Waals surface area contributed by atoms with Gasteiger partial charge >= 0.3 is 5.91 Å². The number of aromatic hydroxyl groups is 1. The van der Waals surface area contributed by atoms with Gasteiger partial charge in [-0.05, 0) is 43.4 Å². The van der Waals surface area contributed by atoms with Gasteiger partial charge in [-0.25, -0.2) is 10.4 Å². The maximum Gasteiger partial charge on any atom is 0.307 e. The fourth-order valence-electron chi connectivity index (χ4n) is 3.08. The number of phenolic OH excluding ortho intramolecular Hbond substituents is 1. The third-order valence-corrected chi connectivity index (χ3v) is 5.53. The second kappa shape index (κ2) is 6.72. The second-order valence-electron chi connectivity index (χ2n) is 6.06. The summed E-state index contributed by atoms with van der Waals surface area (Å²) in [5.41, 5.74) is 3.58. The van der Waals surface area contributed by atoms with Crippen LogP contribution in [0.3, 0.4) is 0 Å². The first-order valence-electron chi connectivity index (χ1n) is 8.29. The number of nitrogens with zero attached hydrogens (tertiary/aromatic N) is 2. The number of hydrazone groups is 1. The standard InChI is InChI=1S/C18H16N4O3S/c23-12-7-3-1-5-10(12)9-19-22-17(25)15-20-16(24)14-11-6-2-4-8-13(11)26-18(14)21-15/h1,3,5,7,9,23H,2,4,6,8H2,(H,22,25)(H,20,21,24)/b19-9-. The summed E-state index contributed by atoms with van der Waals surface area (Å²) in [7, 11) is 0. The van der Waals surface area contributed by atoms with Crippen LogP contribution >= 0.6 is 11.3 Å². The molecule has 7 nitrogen and oxygen atoms in total. The molecule has 2 heterocycles. The van der Waals surface area contributed by atoms with Gasteiger partial charge in [-0.3, -0.25) is 9.59 Å². The van der Waals surface area contributed by atoms with Crippen molar-refractivity contribution in [3.8, 4) is 5.75 Å². The number of hydrogen-bond acceptors (Lipinski definition) is 6. The van der Waals surface area contributed by atoms with Crippen LogP contribution in [-0.2, 0) is 12.8 Å². The summed E-state index contributed by atoms with van der Waals surface area (Å²) in [4.78, 5) is 33.3. The van der Waals surface area contributed by atoms with Crippen LogP contribution in [0.5, 0.6) is 5.75 Å². The molecule has 3 N–H and O–H groups in total. The van der Waals surface area contributed by atoms with E-state index in [-0.39, 0.29) is 17.1 Å². The van der Waals surface area contributed by atoms with Crippen LogP contribution in [0.15, 0.2) is 34.2 Å². The predicted octanol–water partition coefficient (Wildman–Crippen LogP) is 2.33. The number of carbonyl (C=O) groups is 1. The molecule has 0 unspecified atom stereocenters. The average molecular weight is 368 g/mol. The number of para-hydroxylation sites is 1. The Bertz CT molecular complexity index is 1080. The van der Waals surface area contributed by atoms with Gasteiger partial charge in [-0.15, -0.1) is 11.3 Å². The van der Waals surface area contributed by atoms with Crippen molar-refractivity contribution in [1.82, 2.24) is 15.4 Å². The molecule has 0 saturated carbocycles. The molecule has 4 rings (SSSR count). The number of rotatable bonds is 3. The lowest BCUT2D eigenvalue weighted by Crippen LogP contribution is -2.24. The lowest BCUT2D eigenvalue weighted by atomic mass is 9.97. The van der Waals surface area contributed by atoms with Crippen molar-refractivity contribution < 1.29 is 9.90 Å². The molecular weight excluding hydrogens is 352 g/mol. The van der Waals surface area contributed by atoms with Crippen LogP contribution in [-0.4, -0.2) is 27.2 Å². The van der Waals surface area contributed by atoms with Crippen molar-refractivity contribution in [1.29, 1.82) is 0 Å². The van der Waals surface area contributed by atoms with E-state index in [0.29, 0.717) is 15.8 Å². The summed E-state index contributed by atoms with van der Waals surface area (Å²) in [5, 5.41) is 14.1. The molecule has 3 aromatic rings. The minimum Gasteiger partial charge on any atom is -0.507 e. The lowest BCUT2D eigenvalue weighted by molar-refractivity contribution is 0.0945. The predicted molar refractivity (Wildman–Crippen MR) is 100 cm³/mol. The number of H-pyrrole nitrogens is 1. The molecular formula is C18H16N4O3S. The summed E-state index contributed by atoms with van der Waals surface area (Å²) >= 11 is 1.49. The molecule has 132 valence electrons. The maximum absolute atomic E-state index is 12.4. The van der Waals surface area contributed by atoms with Crippen molar-refractivity contribution in [3.05, 3.63) is 56.4 Å². The highest BCUT2D eigenvalue weighted by Gasteiger charge is 2.21. The zero-order valence-corrected chi connectivity index (χ0v) is 14.6. The van der Waals surface area contributed by atoms with E-state index in [0.717, 1.165) is 31.2 Å². The minimum absolute atomic E-state index is 0.0580. The Labute approximate surface area is 152 Å². The summed E-state index contributed by atoms with van der Waals surface area (Å²) in [6.45, 7) is 0. The Morgan fingerprint density at radius 1 is 1.31 bits per heavy atom. The SMILES string of the molecule is O=C(N/N=C\c1ccccc1O)c1nc2sc3c(c2c(=O)[nH]1)CCCC3. The van der Waals surface area contributed by atoms with E-state index >= 15 is 0 Å². The van der Waals surface area contributed by atoms with Crippen molar-refractivity contribution in [3.63, 3.8) is 0 Å². The fourth-order valence-corrected chi connectivity index (χ4v) is 4.34. The van der Waals surface area contributed by atoms with Crippen molar-refractivity contribution in [2.45, 2.75) is 25.7 Å². The molecule has 0 atom stereocenters. The summed E-state index contributed by atoms with van der Waals surface area (Å²) < 4.78 is 0. The first kappa shape index (κ1) is 16.5. The van der Waals surface area contributed by atoms with Gasteiger partial charge < -0.3 is 10.1 Å². The molecule has 1 aromatic carbocycles. The lowest BCUT2D eigenvalue weighted by Gasteiger charge is -2.09. The van der Waals surface area contributed by atoms with Gasteiger partial charge in [0.05, 0.1) is 11.6 Å². The molecule has 0 fully saturated rings. The molecule has 0 spiro atoms. The molecule has 1 aliphatic carbocycles. The number of fused-ring (bicyclic) bond motifs is 3. The van der Waals surface area contributed by atoms with Gasteiger partial charge in [0.15, 0.2) is 0 Å². The number of aromatic amines is 1. The second-order valence-corrected chi connectivity index (χ2v) is 7.15. The molecule has 8 heteroatoms. The van der Waals surface area contributed by atoms with Crippen molar-refractivity contribution >= 4 is 33.7 Å². The Hall–Kier alpha value is -3.00. The maximum atomic E-state index is 12.4. The van der Waals surface area contributed by atoms with E-state index in [1.165, 1.54) is 28.5 Å². The summed E-state index contributed by atoms with van der Waals surface area (Å²) in [6, 6.07) is 6.62. The van der Waals surface area contributed by atoms with Gasteiger partial charge in [-0.1, -0.05) is 12.1 Å². The largest absolute Gasteiger partial charge is 0.507 e. The Balaban J connectivity index is 1.59. The number of phenols is 1. The van der Waals surface area contributed by atoms with Gasteiger partial charge in [0.25, 0.3) is 5.56 Å². The topological polar surface area (TPSA) is 107 Å². The van der Waals surface area contributed by atoms with Crippen LogP contribution in [0, 0.1) is 0 Å². The third-order valence-electron chi connectivity index (χ3n) is 4.35. The van der Waals surface area contributed by atoms with Crippen molar-refractivity contribution in [2.24, 2.45) is 5.10 Å². The molecule has 0 aliphatic heterocycles. The number of aromatic nitrogens is 2. The first-order chi connectivity index (χ1) is 12.6. The normalized spacial score (nSPS) is 13.8. The van der Waals surface area contributed by atoms with E-state index in [9.17, 15) is 14.7 Å². The Morgan fingerprint density at radius 2 is 2.12 bits per heavy atom. The van der Waals surface area contributed by atoms with E-state index in [1.807, 2.05) is 0 Å². The van der Waals surface area contributed by atoms with Crippen LogP contribution < -0.4 is 11.0 Å². The Kier molecular flexibility index (Phi) is 4.26. The van der Waals surface area contributed by atoms with Crippen LogP contribution in [0.25, 0.3) is 10.2 Å². The Morgan fingerprint density at radius 3 is 2.96 bits per heavy atom. The van der Waals surface area contributed by atoms with E-state index in [4.69, 9.17) is 0 Å². The van der Waals surface area contributed by atoms with Gasteiger partial charge in [-0.2, -0.15) is 5.10 Å². The number of thiophene rings is 1. The number of benzene rings is 1. The molecule has 0 bridgehead atoms. The number of carbonyl (C=O) groups excluding carboxylic acids is 1. The average Bonchev–Trinajstić information content (AvgIpc) is 3.02. The third kappa shape index (κ3) is 2.99. The van der Waals surface area contributed by atoms with Crippen LogP contribution in [0.4, 0.5) is 0 Å². The number of hydrogen-bond donors (Lipinski definition) is 3. The highest BCUT2D eigenvalue weighted by molar-refractivity contribution is 7.18. The highest BCUT2D eigenvalue weighted by atomic mass is 32.1. The summed E-state index contributed by atoms with van der Waals surface area (Å²) in [5.74, 6) is -0.625. The number of aryl methyl sites for hydroxylation is 2. The smallest absolute Gasteiger partial charge is 0.307 e. The zero-order valence-electron chi connectivity index (χ0n) is 13.8. The zero-order chi connectivity index (χ0) is 18.1. The highest BCUT2D eigenvalue weighted by Crippen LogP contribution is 2.33. The fraction of sp³-hybridized carbons (Fsp3) is 0.222. The quantitative estimate of drug-likeness (QED) is 0.487. The molecule has 26 heavy (non-hydrogen) atoms. The molecule has 2 aromatic heterocycles. The van der Waals surface area contributed by atoms with Gasteiger partial charge in [0.2, 0.25) is 5.82 Å². The van der Waals surface area contributed by atoms with E-state index in [1.54, 1.807) is 18.2 Å². The monoisotopic (exact) mass is 368 g/mol. The van der Waals surface area contributed by atoms with Gasteiger partial charge in [0, 0.05) is 10.4 Å². The number of nitrogens with one attached hydrogen (secondary N) is 2. The molecule has 0 saturated heterocycles. The van der Waals surface area contributed by atoms with E-state index < -0.39 is 5.91 Å². The first-order valence-corrected chi connectivity index (χ1v) is 9.11. The summed E-state index contributed by atoms with van der Waals surface area (Å²) in [6.07, 6.45) is 5.36. The van der Waals surface area contributed by atoms with Gasteiger partial charge in [0.1, 0.15) is 10.6 Å².